The number of rotatable bonds is 2. The van der Waals surface area contributed by atoms with Gasteiger partial charge in [-0.2, -0.15) is 0 Å². The van der Waals surface area contributed by atoms with Crippen molar-refractivity contribution in [1.29, 1.82) is 0 Å². The van der Waals surface area contributed by atoms with E-state index in [0.717, 1.165) is 15.6 Å². The van der Waals surface area contributed by atoms with Crippen LogP contribution in [0.1, 0.15) is 5.56 Å². The molecule has 3 rings (SSSR count). The van der Waals surface area contributed by atoms with Crippen molar-refractivity contribution in [3.05, 3.63) is 62.7 Å². The average molecular weight is 345 g/mol. The van der Waals surface area contributed by atoms with Crippen LogP contribution in [0.2, 0.25) is 0 Å². The summed E-state index contributed by atoms with van der Waals surface area (Å²) in [6.07, 6.45) is 0. The molecular formula is C17H13BrO3. The van der Waals surface area contributed by atoms with Gasteiger partial charge in [0.15, 0.2) is 5.43 Å². The number of aryl methyl sites for hydroxylation is 1. The molecule has 0 bridgehead atoms. The minimum atomic E-state index is -0.0584. The highest BCUT2D eigenvalue weighted by molar-refractivity contribution is 9.10. The van der Waals surface area contributed by atoms with Gasteiger partial charge in [-0.3, -0.25) is 4.79 Å². The monoisotopic (exact) mass is 344 g/mol. The molecule has 0 saturated heterocycles. The maximum Gasteiger partial charge on any atom is 0.193 e. The number of methoxy groups -OCH3 is 1. The molecule has 0 unspecified atom stereocenters. The van der Waals surface area contributed by atoms with E-state index in [1.165, 1.54) is 6.07 Å². The fraction of sp³-hybridized carbons (Fsp3) is 0.118. The molecule has 0 radical (unpaired) electrons. The van der Waals surface area contributed by atoms with Gasteiger partial charge < -0.3 is 9.15 Å². The van der Waals surface area contributed by atoms with E-state index < -0.39 is 0 Å². The molecule has 0 amide bonds. The smallest absolute Gasteiger partial charge is 0.193 e. The molecule has 3 nitrogen and oxygen atoms in total. The van der Waals surface area contributed by atoms with Crippen molar-refractivity contribution in [3.63, 3.8) is 0 Å². The predicted octanol–water partition coefficient (Wildman–Crippen LogP) is 4.54. The highest BCUT2D eigenvalue weighted by atomic mass is 79.9. The summed E-state index contributed by atoms with van der Waals surface area (Å²) in [5.41, 5.74) is 2.29. The molecule has 4 heteroatoms. The molecule has 0 saturated carbocycles. The van der Waals surface area contributed by atoms with E-state index in [-0.39, 0.29) is 5.43 Å². The molecule has 1 heterocycles. The Morgan fingerprint density at radius 2 is 1.90 bits per heavy atom. The Hall–Kier alpha value is -2.07. The van der Waals surface area contributed by atoms with Gasteiger partial charge in [0.1, 0.15) is 17.1 Å². The van der Waals surface area contributed by atoms with E-state index in [1.807, 2.05) is 43.3 Å². The molecule has 0 atom stereocenters. The summed E-state index contributed by atoms with van der Waals surface area (Å²) in [5, 5.41) is 0.590. The van der Waals surface area contributed by atoms with Crippen LogP contribution in [0.15, 0.2) is 56.1 Å². The van der Waals surface area contributed by atoms with Gasteiger partial charge in [-0.15, -0.1) is 0 Å². The summed E-state index contributed by atoms with van der Waals surface area (Å²) in [4.78, 5) is 12.3. The molecule has 0 aliphatic heterocycles. The highest BCUT2D eigenvalue weighted by Gasteiger charge is 2.12. The number of benzene rings is 2. The molecule has 21 heavy (non-hydrogen) atoms. The second kappa shape index (κ2) is 5.37. The Morgan fingerprint density at radius 1 is 1.10 bits per heavy atom. The molecule has 2 aromatic carbocycles. The lowest BCUT2D eigenvalue weighted by Gasteiger charge is -2.09. The van der Waals surface area contributed by atoms with Gasteiger partial charge >= 0.3 is 0 Å². The zero-order valence-electron chi connectivity index (χ0n) is 11.6. The SMILES string of the molecule is COc1ccc(Br)cc1-c1cc(=O)c2cc(C)ccc2o1. The standard InChI is InChI=1S/C17H13BrO3/c1-10-3-5-16-12(7-10)14(19)9-17(21-16)13-8-11(18)4-6-15(13)20-2/h3-9H,1-2H3. The minimum absolute atomic E-state index is 0.0584. The van der Waals surface area contributed by atoms with Crippen LogP contribution in [-0.4, -0.2) is 7.11 Å². The molecule has 0 N–H and O–H groups in total. The molecule has 0 fully saturated rings. The van der Waals surface area contributed by atoms with Crippen molar-refractivity contribution in [3.8, 4) is 17.1 Å². The van der Waals surface area contributed by atoms with Gasteiger partial charge in [0.05, 0.1) is 18.1 Å². The number of hydrogen-bond acceptors (Lipinski definition) is 3. The van der Waals surface area contributed by atoms with Crippen molar-refractivity contribution in [2.75, 3.05) is 7.11 Å². The summed E-state index contributed by atoms with van der Waals surface area (Å²) >= 11 is 3.43. The van der Waals surface area contributed by atoms with Crippen LogP contribution in [0.5, 0.6) is 5.75 Å². The summed E-state index contributed by atoms with van der Waals surface area (Å²) in [7, 11) is 1.59. The Bertz CT molecular complexity index is 881. The van der Waals surface area contributed by atoms with Crippen LogP contribution in [0.4, 0.5) is 0 Å². The van der Waals surface area contributed by atoms with Crippen molar-refractivity contribution >= 4 is 26.9 Å². The minimum Gasteiger partial charge on any atom is -0.496 e. The third kappa shape index (κ3) is 2.59. The molecule has 106 valence electrons. The molecular weight excluding hydrogens is 332 g/mol. The van der Waals surface area contributed by atoms with Crippen molar-refractivity contribution in [1.82, 2.24) is 0 Å². The Balaban J connectivity index is 2.29. The van der Waals surface area contributed by atoms with E-state index in [9.17, 15) is 4.79 Å². The van der Waals surface area contributed by atoms with E-state index in [2.05, 4.69) is 15.9 Å². The van der Waals surface area contributed by atoms with Crippen molar-refractivity contribution in [2.24, 2.45) is 0 Å². The topological polar surface area (TPSA) is 39.4 Å². The lowest BCUT2D eigenvalue weighted by Crippen LogP contribution is -2.01. The van der Waals surface area contributed by atoms with E-state index >= 15 is 0 Å². The van der Waals surface area contributed by atoms with Crippen LogP contribution in [0, 0.1) is 6.92 Å². The van der Waals surface area contributed by atoms with E-state index in [0.29, 0.717) is 22.5 Å². The Morgan fingerprint density at radius 3 is 2.67 bits per heavy atom. The summed E-state index contributed by atoms with van der Waals surface area (Å²) in [6.45, 7) is 1.95. The summed E-state index contributed by atoms with van der Waals surface area (Å²) < 4.78 is 12.1. The van der Waals surface area contributed by atoms with Gasteiger partial charge in [0, 0.05) is 10.5 Å². The molecule has 1 aromatic heterocycles. The number of fused-ring (bicyclic) bond motifs is 1. The van der Waals surface area contributed by atoms with Gasteiger partial charge in [-0.25, -0.2) is 0 Å². The van der Waals surface area contributed by atoms with Crippen LogP contribution in [0.25, 0.3) is 22.3 Å². The first-order valence-corrected chi connectivity index (χ1v) is 7.26. The zero-order valence-corrected chi connectivity index (χ0v) is 13.2. The van der Waals surface area contributed by atoms with Crippen molar-refractivity contribution in [2.45, 2.75) is 6.92 Å². The van der Waals surface area contributed by atoms with E-state index in [1.54, 1.807) is 7.11 Å². The normalized spacial score (nSPS) is 10.8. The molecule has 0 aliphatic rings. The Labute approximate surface area is 130 Å². The first kappa shape index (κ1) is 13.9. The molecule has 3 aromatic rings. The number of ether oxygens (including phenoxy) is 1. The quantitative estimate of drug-likeness (QED) is 0.685. The second-order valence-corrected chi connectivity index (χ2v) is 5.73. The summed E-state index contributed by atoms with van der Waals surface area (Å²) in [5.74, 6) is 1.15. The van der Waals surface area contributed by atoms with Gasteiger partial charge in [0.2, 0.25) is 0 Å². The van der Waals surface area contributed by atoms with Crippen LogP contribution in [-0.2, 0) is 0 Å². The summed E-state index contributed by atoms with van der Waals surface area (Å²) in [6, 6.07) is 12.7. The average Bonchev–Trinajstić information content (AvgIpc) is 2.47. The maximum absolute atomic E-state index is 12.3. The van der Waals surface area contributed by atoms with Crippen LogP contribution >= 0.6 is 15.9 Å². The highest BCUT2D eigenvalue weighted by Crippen LogP contribution is 2.33. The third-order valence-corrected chi connectivity index (χ3v) is 3.80. The van der Waals surface area contributed by atoms with E-state index in [4.69, 9.17) is 9.15 Å². The predicted molar refractivity (Wildman–Crippen MR) is 86.9 cm³/mol. The van der Waals surface area contributed by atoms with Gasteiger partial charge in [-0.1, -0.05) is 27.6 Å². The van der Waals surface area contributed by atoms with Crippen LogP contribution in [0.3, 0.4) is 0 Å². The first-order valence-electron chi connectivity index (χ1n) is 6.47. The van der Waals surface area contributed by atoms with Gasteiger partial charge in [-0.05, 0) is 37.3 Å². The number of hydrogen-bond donors (Lipinski definition) is 0. The zero-order chi connectivity index (χ0) is 15.0. The lowest BCUT2D eigenvalue weighted by molar-refractivity contribution is 0.415. The first-order chi connectivity index (χ1) is 10.1. The lowest BCUT2D eigenvalue weighted by atomic mass is 10.1. The largest absolute Gasteiger partial charge is 0.496 e. The molecule has 0 spiro atoms. The van der Waals surface area contributed by atoms with Crippen molar-refractivity contribution < 1.29 is 9.15 Å². The fourth-order valence-electron chi connectivity index (χ4n) is 2.28. The fourth-order valence-corrected chi connectivity index (χ4v) is 2.64. The second-order valence-electron chi connectivity index (χ2n) is 4.82. The molecule has 0 aliphatic carbocycles. The van der Waals surface area contributed by atoms with Gasteiger partial charge in [0.25, 0.3) is 0 Å². The third-order valence-electron chi connectivity index (χ3n) is 3.31. The van der Waals surface area contributed by atoms with Crippen LogP contribution < -0.4 is 10.2 Å². The maximum atomic E-state index is 12.3. The number of halogens is 1. The Kier molecular flexibility index (Phi) is 3.55.